The van der Waals surface area contributed by atoms with Crippen LogP contribution in [0.3, 0.4) is 0 Å². The van der Waals surface area contributed by atoms with E-state index in [1.807, 2.05) is 30.3 Å². The zero-order chi connectivity index (χ0) is 22.9. The first-order chi connectivity index (χ1) is 16.2. The van der Waals surface area contributed by atoms with Gasteiger partial charge in [-0.05, 0) is 35.4 Å². The van der Waals surface area contributed by atoms with Gasteiger partial charge < -0.3 is 14.8 Å². The molecular formula is C25H27FN4O3. The molecule has 1 fully saturated rings. The molecule has 0 bridgehead atoms. The van der Waals surface area contributed by atoms with Crippen LogP contribution in [0.2, 0.25) is 0 Å². The van der Waals surface area contributed by atoms with Gasteiger partial charge in [0.05, 0.1) is 13.2 Å². The van der Waals surface area contributed by atoms with Crippen LogP contribution in [0.1, 0.15) is 5.56 Å². The topological polar surface area (TPSA) is 75.7 Å². The number of nitrogens with one attached hydrogen (secondary N) is 2. The molecule has 0 atom stereocenters. The van der Waals surface area contributed by atoms with E-state index in [1.54, 1.807) is 30.5 Å². The van der Waals surface area contributed by atoms with Gasteiger partial charge in [0, 0.05) is 37.9 Å². The number of pyridine rings is 1. The molecule has 1 aliphatic heterocycles. The lowest BCUT2D eigenvalue weighted by molar-refractivity contribution is 0.0320. The van der Waals surface area contributed by atoms with Crippen LogP contribution in [0.5, 0.6) is 5.75 Å². The van der Waals surface area contributed by atoms with E-state index in [9.17, 15) is 9.18 Å². The Balaban J connectivity index is 1.27. The third kappa shape index (κ3) is 6.74. The minimum Gasteiger partial charge on any atom is -0.489 e. The first-order valence-electron chi connectivity index (χ1n) is 10.9. The summed E-state index contributed by atoms with van der Waals surface area (Å²) in [5.41, 5.74) is 2.43. The number of carbonyl (C=O) groups excluding carboxylic acids is 1. The van der Waals surface area contributed by atoms with Gasteiger partial charge in [0.15, 0.2) is 11.6 Å². The van der Waals surface area contributed by atoms with Gasteiger partial charge in [-0.2, -0.15) is 0 Å². The van der Waals surface area contributed by atoms with Crippen molar-refractivity contribution in [3.05, 3.63) is 78.2 Å². The number of hydrogen-bond donors (Lipinski definition) is 2. The summed E-state index contributed by atoms with van der Waals surface area (Å²) in [5.74, 6) is 0.221. The van der Waals surface area contributed by atoms with Gasteiger partial charge in [0.2, 0.25) is 0 Å². The van der Waals surface area contributed by atoms with Crippen LogP contribution in [0.25, 0.3) is 11.1 Å². The number of amides is 2. The summed E-state index contributed by atoms with van der Waals surface area (Å²) < 4.78 is 25.5. The van der Waals surface area contributed by atoms with Crippen molar-refractivity contribution in [1.29, 1.82) is 0 Å². The predicted octanol–water partition coefficient (Wildman–Crippen LogP) is 3.92. The lowest BCUT2D eigenvalue weighted by Crippen LogP contribution is -2.38. The number of halogens is 1. The first-order valence-corrected chi connectivity index (χ1v) is 10.9. The number of anilines is 1. The maximum atomic E-state index is 14.5. The molecule has 2 N–H and O–H groups in total. The highest BCUT2D eigenvalue weighted by Gasteiger charge is 2.12. The van der Waals surface area contributed by atoms with Crippen molar-refractivity contribution in [2.45, 2.75) is 6.54 Å². The van der Waals surface area contributed by atoms with Crippen molar-refractivity contribution < 1.29 is 18.7 Å². The van der Waals surface area contributed by atoms with Crippen molar-refractivity contribution in [1.82, 2.24) is 15.2 Å². The van der Waals surface area contributed by atoms with E-state index >= 15 is 0 Å². The summed E-state index contributed by atoms with van der Waals surface area (Å²) in [5, 5.41) is 5.48. The highest BCUT2D eigenvalue weighted by Crippen LogP contribution is 2.26. The molecule has 1 aromatic heterocycles. The molecule has 172 valence electrons. The largest absolute Gasteiger partial charge is 0.489 e. The number of hydrogen-bond acceptors (Lipinski definition) is 5. The molecule has 1 aliphatic rings. The van der Waals surface area contributed by atoms with Crippen molar-refractivity contribution in [2.75, 3.05) is 44.8 Å². The quantitative estimate of drug-likeness (QED) is 0.544. The van der Waals surface area contributed by atoms with E-state index < -0.39 is 5.82 Å². The molecule has 33 heavy (non-hydrogen) atoms. The van der Waals surface area contributed by atoms with E-state index in [4.69, 9.17) is 9.47 Å². The van der Waals surface area contributed by atoms with Gasteiger partial charge in [-0.1, -0.05) is 36.4 Å². The van der Waals surface area contributed by atoms with Gasteiger partial charge >= 0.3 is 6.03 Å². The third-order valence-corrected chi connectivity index (χ3v) is 5.33. The number of rotatable bonds is 8. The van der Waals surface area contributed by atoms with Crippen LogP contribution in [-0.4, -0.2) is 55.4 Å². The van der Waals surface area contributed by atoms with Crippen molar-refractivity contribution in [3.63, 3.8) is 0 Å². The minimum absolute atomic E-state index is 0.230. The second-order valence-corrected chi connectivity index (χ2v) is 7.67. The number of carbonyl (C=O) groups is 1. The number of nitrogens with zero attached hydrogens (tertiary/aromatic N) is 2. The van der Waals surface area contributed by atoms with Gasteiger partial charge in [0.25, 0.3) is 0 Å². The third-order valence-electron chi connectivity index (χ3n) is 5.33. The summed E-state index contributed by atoms with van der Waals surface area (Å²) in [6.45, 7) is 4.78. The van der Waals surface area contributed by atoms with Crippen LogP contribution in [0, 0.1) is 5.82 Å². The molecule has 0 radical (unpaired) electrons. The zero-order valence-corrected chi connectivity index (χ0v) is 18.3. The lowest BCUT2D eigenvalue weighted by atomic mass is 10.1. The molecule has 2 amide bonds. The molecule has 8 heteroatoms. The molecule has 4 rings (SSSR count). The Labute approximate surface area is 192 Å². The molecule has 0 spiro atoms. The average molecular weight is 451 g/mol. The van der Waals surface area contributed by atoms with Crippen LogP contribution in [-0.2, 0) is 11.3 Å². The van der Waals surface area contributed by atoms with E-state index in [-0.39, 0.29) is 11.8 Å². The summed E-state index contributed by atoms with van der Waals surface area (Å²) in [6.07, 6.45) is 1.60. The SMILES string of the molecule is O=C(NCc1ccccc1)Nc1ccc(-c2ccc(OCCN3CCOCC3)c(F)c2)cn1. The Bertz CT molecular complexity index is 1040. The summed E-state index contributed by atoms with van der Waals surface area (Å²) in [6, 6.07) is 17.6. The molecule has 7 nitrogen and oxygen atoms in total. The summed E-state index contributed by atoms with van der Waals surface area (Å²) in [4.78, 5) is 18.6. The fourth-order valence-electron chi connectivity index (χ4n) is 3.48. The monoisotopic (exact) mass is 450 g/mol. The average Bonchev–Trinajstić information content (AvgIpc) is 2.85. The number of aromatic nitrogens is 1. The second kappa shape index (κ2) is 11.4. The van der Waals surface area contributed by atoms with Crippen LogP contribution in [0.4, 0.5) is 15.0 Å². The fourth-order valence-corrected chi connectivity index (χ4v) is 3.48. The van der Waals surface area contributed by atoms with E-state index in [1.165, 1.54) is 6.07 Å². The van der Waals surface area contributed by atoms with Crippen molar-refractivity contribution >= 4 is 11.8 Å². The molecular weight excluding hydrogens is 423 g/mol. The normalized spacial score (nSPS) is 14.0. The molecule has 2 aromatic carbocycles. The van der Waals surface area contributed by atoms with Crippen molar-refractivity contribution in [2.24, 2.45) is 0 Å². The number of benzene rings is 2. The zero-order valence-electron chi connectivity index (χ0n) is 18.3. The number of urea groups is 1. The van der Waals surface area contributed by atoms with E-state index in [0.717, 1.165) is 44.0 Å². The van der Waals surface area contributed by atoms with Gasteiger partial charge in [-0.3, -0.25) is 10.2 Å². The molecule has 1 saturated heterocycles. The summed E-state index contributed by atoms with van der Waals surface area (Å²) in [7, 11) is 0. The van der Waals surface area contributed by atoms with Crippen LogP contribution in [0.15, 0.2) is 66.9 Å². The molecule has 2 heterocycles. The Morgan fingerprint density at radius 2 is 1.85 bits per heavy atom. The first kappa shape index (κ1) is 22.7. The fraction of sp³-hybridized carbons (Fsp3) is 0.280. The number of morpholine rings is 1. The Morgan fingerprint density at radius 1 is 1.06 bits per heavy atom. The standard InChI is InChI=1S/C25H27FN4O3/c26-22-16-20(6-8-23(22)33-15-12-30-10-13-32-14-11-30)21-7-9-24(27-18-21)29-25(31)28-17-19-4-2-1-3-5-19/h1-9,16,18H,10-15,17H2,(H2,27,28,29,31). The second-order valence-electron chi connectivity index (χ2n) is 7.67. The van der Waals surface area contributed by atoms with E-state index in [0.29, 0.717) is 24.5 Å². The highest BCUT2D eigenvalue weighted by molar-refractivity contribution is 5.88. The molecule has 3 aromatic rings. The maximum absolute atomic E-state index is 14.5. The predicted molar refractivity (Wildman–Crippen MR) is 125 cm³/mol. The lowest BCUT2D eigenvalue weighted by Gasteiger charge is -2.26. The van der Waals surface area contributed by atoms with Gasteiger partial charge in [-0.15, -0.1) is 0 Å². The van der Waals surface area contributed by atoms with E-state index in [2.05, 4.69) is 20.5 Å². The number of ether oxygens (including phenoxy) is 2. The Hall–Kier alpha value is -3.49. The molecule has 0 unspecified atom stereocenters. The summed E-state index contributed by atoms with van der Waals surface area (Å²) >= 11 is 0. The Morgan fingerprint density at radius 3 is 2.58 bits per heavy atom. The van der Waals surface area contributed by atoms with Crippen molar-refractivity contribution in [3.8, 4) is 16.9 Å². The van der Waals surface area contributed by atoms with Gasteiger partial charge in [0.1, 0.15) is 12.4 Å². The van der Waals surface area contributed by atoms with Crippen LogP contribution >= 0.6 is 0 Å². The highest BCUT2D eigenvalue weighted by atomic mass is 19.1. The Kier molecular flexibility index (Phi) is 7.84. The minimum atomic E-state index is -0.419. The van der Waals surface area contributed by atoms with Gasteiger partial charge in [-0.25, -0.2) is 14.2 Å². The maximum Gasteiger partial charge on any atom is 0.320 e. The molecule has 0 aliphatic carbocycles. The van der Waals surface area contributed by atoms with Crippen LogP contribution < -0.4 is 15.4 Å². The smallest absolute Gasteiger partial charge is 0.320 e. The molecule has 0 saturated carbocycles.